The van der Waals surface area contributed by atoms with Gasteiger partial charge in [-0.05, 0) is 96.1 Å². The maximum atomic E-state index is 6.15. The fourth-order valence-corrected chi connectivity index (χ4v) is 8.23. The average molecular weight is 692 g/mol. The van der Waals surface area contributed by atoms with Crippen LogP contribution in [0.25, 0.3) is 77.1 Å². The Balaban J connectivity index is 0.975. The zero-order valence-corrected chi connectivity index (χ0v) is 29.3. The molecule has 0 unspecified atom stereocenters. The first-order valence-electron chi connectivity index (χ1n) is 18.3. The zero-order chi connectivity index (χ0) is 35.6. The third-order valence-corrected chi connectivity index (χ3v) is 10.7. The number of nitrogens with zero attached hydrogens (tertiary/aromatic N) is 3. The Hall–Kier alpha value is -7.30. The highest BCUT2D eigenvalue weighted by Gasteiger charge is 2.19. The van der Waals surface area contributed by atoms with Crippen LogP contribution in [0.5, 0.6) is 0 Å². The molecule has 4 heteroatoms. The van der Waals surface area contributed by atoms with E-state index in [4.69, 9.17) is 4.42 Å². The lowest BCUT2D eigenvalue weighted by molar-refractivity contribution is 0.669. The molecule has 0 spiro atoms. The first-order valence-corrected chi connectivity index (χ1v) is 18.3. The number of para-hydroxylation sites is 4. The molecule has 4 nitrogen and oxygen atoms in total. The number of furan rings is 1. The molecule has 0 saturated carbocycles. The van der Waals surface area contributed by atoms with Crippen LogP contribution >= 0.6 is 0 Å². The largest absolute Gasteiger partial charge is 0.456 e. The highest BCUT2D eigenvalue weighted by molar-refractivity contribution is 6.18. The van der Waals surface area contributed by atoms with Gasteiger partial charge < -0.3 is 18.5 Å². The van der Waals surface area contributed by atoms with Gasteiger partial charge in [0, 0.05) is 61.6 Å². The molecule has 0 N–H and O–H groups in total. The summed E-state index contributed by atoms with van der Waals surface area (Å²) in [7, 11) is 0. The van der Waals surface area contributed by atoms with Crippen molar-refractivity contribution in [1.29, 1.82) is 0 Å². The molecule has 0 aliphatic rings. The van der Waals surface area contributed by atoms with E-state index in [1.54, 1.807) is 0 Å². The van der Waals surface area contributed by atoms with Crippen molar-refractivity contribution in [3.63, 3.8) is 0 Å². The van der Waals surface area contributed by atoms with E-state index in [1.165, 1.54) is 43.8 Å². The molecule has 0 fully saturated rings. The van der Waals surface area contributed by atoms with Gasteiger partial charge in [0.1, 0.15) is 11.2 Å². The second-order valence-corrected chi connectivity index (χ2v) is 13.8. The first-order chi connectivity index (χ1) is 26.8. The number of hydrogen-bond donors (Lipinski definition) is 0. The van der Waals surface area contributed by atoms with Crippen molar-refractivity contribution in [3.05, 3.63) is 200 Å². The van der Waals surface area contributed by atoms with Crippen molar-refractivity contribution in [2.75, 3.05) is 4.90 Å². The molecule has 11 rings (SSSR count). The van der Waals surface area contributed by atoms with Crippen LogP contribution in [0.15, 0.2) is 205 Å². The molecular formula is C50H33N3O. The van der Waals surface area contributed by atoms with Crippen molar-refractivity contribution >= 4 is 71.7 Å². The summed E-state index contributed by atoms with van der Waals surface area (Å²) in [6, 6.07) is 69.2. The summed E-state index contributed by atoms with van der Waals surface area (Å²) in [6.07, 6.45) is 2.20. The second-order valence-electron chi connectivity index (χ2n) is 13.8. The van der Waals surface area contributed by atoms with Crippen LogP contribution in [0.2, 0.25) is 0 Å². The highest BCUT2D eigenvalue weighted by Crippen LogP contribution is 2.40. The van der Waals surface area contributed by atoms with Gasteiger partial charge in [-0.1, -0.05) is 109 Å². The molecule has 0 atom stereocenters. The lowest BCUT2D eigenvalue weighted by Crippen LogP contribution is -2.09. The van der Waals surface area contributed by atoms with E-state index in [-0.39, 0.29) is 0 Å². The summed E-state index contributed by atoms with van der Waals surface area (Å²) in [6.45, 7) is 0. The van der Waals surface area contributed by atoms with Crippen molar-refractivity contribution in [1.82, 2.24) is 9.13 Å². The van der Waals surface area contributed by atoms with Gasteiger partial charge in [0.25, 0.3) is 0 Å². The van der Waals surface area contributed by atoms with Crippen LogP contribution in [0.1, 0.15) is 0 Å². The Bertz CT molecular complexity index is 3130. The van der Waals surface area contributed by atoms with E-state index in [0.717, 1.165) is 50.4 Å². The fourth-order valence-electron chi connectivity index (χ4n) is 8.23. The Morgan fingerprint density at radius 3 is 1.81 bits per heavy atom. The van der Waals surface area contributed by atoms with Gasteiger partial charge in [0.15, 0.2) is 0 Å². The van der Waals surface area contributed by atoms with E-state index in [2.05, 4.69) is 202 Å². The third-order valence-electron chi connectivity index (χ3n) is 10.7. The SMILES string of the molecule is c1ccc(N(c2ccc(-c3ccc(-n4ccc5ccc6c7ccccc7n(-c7ccccc7)c6c54)cc3)cc2)c2ccc3oc4ccccc4c3c2)cc1. The minimum Gasteiger partial charge on any atom is -0.456 e. The van der Waals surface area contributed by atoms with Gasteiger partial charge in [-0.25, -0.2) is 0 Å². The topological polar surface area (TPSA) is 26.2 Å². The summed E-state index contributed by atoms with van der Waals surface area (Å²) in [5.74, 6) is 0. The molecule has 54 heavy (non-hydrogen) atoms. The van der Waals surface area contributed by atoms with Gasteiger partial charge in [-0.15, -0.1) is 0 Å². The number of benzene rings is 8. The van der Waals surface area contributed by atoms with Gasteiger partial charge in [0.05, 0.1) is 16.6 Å². The summed E-state index contributed by atoms with van der Waals surface area (Å²) in [5, 5.41) is 5.95. The third kappa shape index (κ3) is 4.78. The van der Waals surface area contributed by atoms with Crippen molar-refractivity contribution in [2.24, 2.45) is 0 Å². The van der Waals surface area contributed by atoms with E-state index in [9.17, 15) is 0 Å². The first kappa shape index (κ1) is 30.3. The van der Waals surface area contributed by atoms with Gasteiger partial charge >= 0.3 is 0 Å². The van der Waals surface area contributed by atoms with Crippen molar-refractivity contribution < 1.29 is 4.42 Å². The number of anilines is 3. The maximum Gasteiger partial charge on any atom is 0.135 e. The number of rotatable bonds is 6. The summed E-state index contributed by atoms with van der Waals surface area (Å²) >= 11 is 0. The minimum atomic E-state index is 0.891. The standard InChI is InChI=1S/C50H33N3O/c1-3-11-38(12-4-1)52(41-28-30-48-45(33-41)43-16-8-10-18-47(43)54-48)40-26-21-35(22-27-40)34-19-24-37(25-20-34)51-32-31-36-23-29-44-42-15-7-9-17-46(42)53(50(44)49(36)51)39-13-5-2-6-14-39/h1-33H. The second kappa shape index (κ2) is 12.1. The summed E-state index contributed by atoms with van der Waals surface area (Å²) < 4.78 is 10.9. The Kier molecular flexibility index (Phi) is 6.82. The normalized spacial score (nSPS) is 11.7. The zero-order valence-electron chi connectivity index (χ0n) is 29.3. The van der Waals surface area contributed by atoms with E-state index >= 15 is 0 Å². The molecule has 0 amide bonds. The Morgan fingerprint density at radius 1 is 0.389 bits per heavy atom. The van der Waals surface area contributed by atoms with E-state index < -0.39 is 0 Å². The number of fused-ring (bicyclic) bond motifs is 8. The molecule has 8 aromatic carbocycles. The average Bonchev–Trinajstić information content (AvgIpc) is 3.94. The van der Waals surface area contributed by atoms with Gasteiger partial charge in [0.2, 0.25) is 0 Å². The predicted octanol–water partition coefficient (Wildman–Crippen LogP) is 13.8. The quantitative estimate of drug-likeness (QED) is 0.173. The van der Waals surface area contributed by atoms with Crippen LogP contribution < -0.4 is 4.90 Å². The molecule has 0 radical (unpaired) electrons. The molecule has 0 bridgehead atoms. The van der Waals surface area contributed by atoms with Crippen LogP contribution in [0, 0.1) is 0 Å². The van der Waals surface area contributed by atoms with Crippen LogP contribution in [0.3, 0.4) is 0 Å². The molecule has 3 aromatic heterocycles. The number of hydrogen-bond acceptors (Lipinski definition) is 2. The van der Waals surface area contributed by atoms with Crippen LogP contribution in [-0.4, -0.2) is 9.13 Å². The van der Waals surface area contributed by atoms with Gasteiger partial charge in [-0.2, -0.15) is 0 Å². The number of aromatic nitrogens is 2. The Morgan fingerprint density at radius 2 is 1.02 bits per heavy atom. The van der Waals surface area contributed by atoms with E-state index in [0.29, 0.717) is 0 Å². The Labute approximate surface area is 312 Å². The monoisotopic (exact) mass is 691 g/mol. The summed E-state index contributed by atoms with van der Waals surface area (Å²) in [4.78, 5) is 2.31. The van der Waals surface area contributed by atoms with Crippen LogP contribution in [-0.2, 0) is 0 Å². The summed E-state index contributed by atoms with van der Waals surface area (Å²) in [5.41, 5.74) is 13.3. The molecular weight excluding hydrogens is 659 g/mol. The fraction of sp³-hybridized carbons (Fsp3) is 0. The predicted molar refractivity (Wildman–Crippen MR) is 225 cm³/mol. The molecule has 11 aromatic rings. The van der Waals surface area contributed by atoms with Crippen LogP contribution in [0.4, 0.5) is 17.1 Å². The molecule has 0 aliphatic heterocycles. The van der Waals surface area contributed by atoms with Gasteiger partial charge in [-0.3, -0.25) is 0 Å². The lowest BCUT2D eigenvalue weighted by Gasteiger charge is -2.25. The molecule has 0 saturated heterocycles. The van der Waals surface area contributed by atoms with Crippen molar-refractivity contribution in [2.45, 2.75) is 0 Å². The molecule has 3 heterocycles. The molecule has 254 valence electrons. The van der Waals surface area contributed by atoms with E-state index in [1.807, 2.05) is 12.1 Å². The lowest BCUT2D eigenvalue weighted by atomic mass is 10.0. The maximum absolute atomic E-state index is 6.15. The van der Waals surface area contributed by atoms with Crippen molar-refractivity contribution in [3.8, 4) is 22.5 Å². The highest BCUT2D eigenvalue weighted by atomic mass is 16.3. The smallest absolute Gasteiger partial charge is 0.135 e. The minimum absolute atomic E-state index is 0.891. The molecule has 0 aliphatic carbocycles.